The van der Waals surface area contributed by atoms with Crippen LogP contribution in [0.15, 0.2) is 24.8 Å². The van der Waals surface area contributed by atoms with Crippen LogP contribution in [0, 0.1) is 0 Å². The third kappa shape index (κ3) is 3.04. The molecule has 2 rings (SSSR count). The lowest BCUT2D eigenvalue weighted by Crippen LogP contribution is -2.35. The molecule has 88 valence electrons. The Balaban J connectivity index is 2.04. The average Bonchev–Trinajstić information content (AvgIpc) is 2.86. The van der Waals surface area contributed by atoms with Crippen molar-refractivity contribution in [1.82, 2.24) is 14.5 Å². The number of carbonyl (C=O) groups excluding carboxylic acids is 1. The number of nitrogens with zero attached hydrogens (tertiary/aromatic N) is 4. The highest BCUT2D eigenvalue weighted by atomic mass is 32.1. The Kier molecular flexibility index (Phi) is 3.71. The van der Waals surface area contributed by atoms with Gasteiger partial charge in [0.15, 0.2) is 6.54 Å². The van der Waals surface area contributed by atoms with Crippen LogP contribution in [0.4, 0.5) is 0 Å². The van der Waals surface area contributed by atoms with Crippen molar-refractivity contribution in [2.75, 3.05) is 7.11 Å². The van der Waals surface area contributed by atoms with Crippen LogP contribution in [0.1, 0.15) is 6.42 Å². The smallest absolute Gasteiger partial charge is 0.312 e. The molecular weight excluding hydrogens is 240 g/mol. The summed E-state index contributed by atoms with van der Waals surface area (Å²) in [5.74, 6) is -0.242. The van der Waals surface area contributed by atoms with E-state index in [-0.39, 0.29) is 5.97 Å². The second-order valence-corrected chi connectivity index (χ2v) is 4.04. The van der Waals surface area contributed by atoms with Crippen molar-refractivity contribution < 1.29 is 14.2 Å². The summed E-state index contributed by atoms with van der Waals surface area (Å²) in [5, 5.41) is 0. The molecule has 0 saturated carbocycles. The fourth-order valence-electron chi connectivity index (χ4n) is 1.24. The Labute approximate surface area is 102 Å². The van der Waals surface area contributed by atoms with Gasteiger partial charge in [0.05, 0.1) is 17.3 Å². The molecule has 2 aromatic rings. The van der Waals surface area contributed by atoms with Gasteiger partial charge in [-0.1, -0.05) is 4.68 Å². The Morgan fingerprint density at radius 3 is 3.18 bits per heavy atom. The predicted molar refractivity (Wildman–Crippen MR) is 60.0 cm³/mol. The summed E-state index contributed by atoms with van der Waals surface area (Å²) in [4.78, 5) is 19.9. The van der Waals surface area contributed by atoms with Crippen LogP contribution in [0.5, 0.6) is 0 Å². The van der Waals surface area contributed by atoms with Crippen LogP contribution in [-0.4, -0.2) is 27.5 Å². The molecule has 0 amide bonds. The van der Waals surface area contributed by atoms with Gasteiger partial charge in [0.2, 0.25) is 6.20 Å². The van der Waals surface area contributed by atoms with Crippen molar-refractivity contribution in [1.29, 1.82) is 0 Å². The first kappa shape index (κ1) is 11.6. The van der Waals surface area contributed by atoms with Crippen LogP contribution in [-0.2, 0) is 16.1 Å². The summed E-state index contributed by atoms with van der Waals surface area (Å²) in [6.45, 7) is 0.508. The molecule has 0 radical (unpaired) electrons. The Morgan fingerprint density at radius 2 is 2.47 bits per heavy atom. The number of carbonyl (C=O) groups is 1. The normalized spacial score (nSPS) is 10.2. The quantitative estimate of drug-likeness (QED) is 0.583. The van der Waals surface area contributed by atoms with Gasteiger partial charge in [-0.05, 0) is 6.07 Å². The molecule has 0 atom stereocenters. The maximum Gasteiger partial charge on any atom is 0.312 e. The van der Waals surface area contributed by atoms with Gasteiger partial charge in [0.1, 0.15) is 17.6 Å². The maximum absolute atomic E-state index is 11.0. The number of hydrogen-bond donors (Lipinski definition) is 0. The minimum atomic E-state index is -0.242. The highest BCUT2D eigenvalue weighted by Gasteiger charge is 2.13. The molecule has 7 heteroatoms. The summed E-state index contributed by atoms with van der Waals surface area (Å²) in [5.41, 5.74) is 0.828. The van der Waals surface area contributed by atoms with E-state index in [1.54, 1.807) is 10.9 Å². The van der Waals surface area contributed by atoms with Crippen LogP contribution in [0.3, 0.4) is 0 Å². The SMILES string of the molecule is COC(=O)CC[n+]1cc(-c2ccncn2)sn1. The minimum absolute atomic E-state index is 0.242. The largest absolute Gasteiger partial charge is 0.469 e. The van der Waals surface area contributed by atoms with Crippen LogP contribution >= 0.6 is 11.5 Å². The molecule has 0 N–H and O–H groups in total. The monoisotopic (exact) mass is 251 g/mol. The summed E-state index contributed by atoms with van der Waals surface area (Å²) in [6.07, 6.45) is 5.35. The first-order valence-electron chi connectivity index (χ1n) is 4.99. The summed E-state index contributed by atoms with van der Waals surface area (Å²) >= 11 is 1.33. The second kappa shape index (κ2) is 5.44. The molecule has 0 aliphatic heterocycles. The molecule has 0 aromatic carbocycles. The van der Waals surface area contributed by atoms with E-state index < -0.39 is 0 Å². The van der Waals surface area contributed by atoms with E-state index in [2.05, 4.69) is 19.2 Å². The third-order valence-corrected chi connectivity index (χ3v) is 2.92. The van der Waals surface area contributed by atoms with Crippen LogP contribution in [0.25, 0.3) is 10.6 Å². The highest BCUT2D eigenvalue weighted by Crippen LogP contribution is 2.16. The van der Waals surface area contributed by atoms with Crippen LogP contribution < -0.4 is 4.68 Å². The number of rotatable bonds is 4. The van der Waals surface area contributed by atoms with Gasteiger partial charge in [-0.3, -0.25) is 4.79 Å². The zero-order valence-electron chi connectivity index (χ0n) is 9.24. The summed E-state index contributed by atoms with van der Waals surface area (Å²) in [6, 6.07) is 1.82. The molecule has 17 heavy (non-hydrogen) atoms. The molecule has 0 bridgehead atoms. The predicted octanol–water partition coefficient (Wildman–Crippen LogP) is 0.451. The average molecular weight is 251 g/mol. The number of hydrogen-bond acceptors (Lipinski definition) is 6. The van der Waals surface area contributed by atoms with E-state index in [4.69, 9.17) is 0 Å². The molecule has 0 unspecified atom stereocenters. The lowest BCUT2D eigenvalue weighted by Gasteiger charge is -1.92. The lowest BCUT2D eigenvalue weighted by molar-refractivity contribution is -0.745. The summed E-state index contributed by atoms with van der Waals surface area (Å²) in [7, 11) is 1.38. The number of aryl methyl sites for hydroxylation is 1. The lowest BCUT2D eigenvalue weighted by atomic mass is 10.3. The molecule has 2 aromatic heterocycles. The Morgan fingerprint density at radius 1 is 1.59 bits per heavy atom. The molecule has 0 aliphatic carbocycles. The van der Waals surface area contributed by atoms with Gasteiger partial charge in [0, 0.05) is 17.7 Å². The minimum Gasteiger partial charge on any atom is -0.469 e. The fourth-order valence-corrected chi connectivity index (χ4v) is 1.95. The third-order valence-electron chi connectivity index (χ3n) is 2.12. The van der Waals surface area contributed by atoms with Crippen molar-refractivity contribution in [3.05, 3.63) is 24.8 Å². The molecule has 2 heterocycles. The van der Waals surface area contributed by atoms with E-state index in [1.807, 2.05) is 12.3 Å². The second-order valence-electron chi connectivity index (χ2n) is 3.25. The first-order chi connectivity index (χ1) is 8.29. The van der Waals surface area contributed by atoms with Crippen molar-refractivity contribution in [2.24, 2.45) is 0 Å². The molecule has 0 spiro atoms. The fraction of sp³-hybridized carbons (Fsp3) is 0.300. The molecular formula is C10H11N4O2S+. The van der Waals surface area contributed by atoms with Gasteiger partial charge < -0.3 is 4.74 Å². The highest BCUT2D eigenvalue weighted by molar-refractivity contribution is 7.09. The Bertz CT molecular complexity index is 500. The molecule has 6 nitrogen and oxygen atoms in total. The van der Waals surface area contributed by atoms with Gasteiger partial charge in [-0.15, -0.1) is 0 Å². The topological polar surface area (TPSA) is 68.8 Å². The van der Waals surface area contributed by atoms with Crippen LogP contribution in [0.2, 0.25) is 0 Å². The van der Waals surface area contributed by atoms with E-state index in [9.17, 15) is 4.79 Å². The van der Waals surface area contributed by atoms with Crippen molar-refractivity contribution in [2.45, 2.75) is 13.0 Å². The van der Waals surface area contributed by atoms with E-state index >= 15 is 0 Å². The van der Waals surface area contributed by atoms with E-state index in [0.29, 0.717) is 13.0 Å². The number of esters is 1. The zero-order valence-corrected chi connectivity index (χ0v) is 10.1. The standard InChI is InChI=1S/C10H11N4O2S/c1-16-10(15)3-5-14-6-9(17-13-14)8-2-4-11-7-12-8/h2,4,6-7H,3,5H2,1H3/q+1. The van der Waals surface area contributed by atoms with Crippen molar-refractivity contribution in [3.63, 3.8) is 0 Å². The van der Waals surface area contributed by atoms with Gasteiger partial charge in [0.25, 0.3) is 0 Å². The molecule has 0 aliphatic rings. The van der Waals surface area contributed by atoms with E-state index in [0.717, 1.165) is 10.6 Å². The first-order valence-corrected chi connectivity index (χ1v) is 5.76. The number of aromatic nitrogens is 4. The van der Waals surface area contributed by atoms with Gasteiger partial charge in [-0.2, -0.15) is 0 Å². The summed E-state index contributed by atoms with van der Waals surface area (Å²) < 4.78 is 10.5. The number of ether oxygens (including phenoxy) is 1. The zero-order chi connectivity index (χ0) is 12.1. The Hall–Kier alpha value is -1.89. The maximum atomic E-state index is 11.0. The van der Waals surface area contributed by atoms with Gasteiger partial charge >= 0.3 is 5.97 Å². The van der Waals surface area contributed by atoms with Crippen molar-refractivity contribution >= 4 is 17.5 Å². The molecule has 0 fully saturated rings. The van der Waals surface area contributed by atoms with Gasteiger partial charge in [-0.25, -0.2) is 9.97 Å². The molecule has 0 saturated heterocycles. The van der Waals surface area contributed by atoms with E-state index in [1.165, 1.54) is 25.0 Å². The van der Waals surface area contributed by atoms with Crippen molar-refractivity contribution in [3.8, 4) is 10.6 Å². The number of methoxy groups -OCH3 is 1.